The first-order valence-corrected chi connectivity index (χ1v) is 7.11. The average Bonchev–Trinajstić information content (AvgIpc) is 2.46. The van der Waals surface area contributed by atoms with Crippen molar-refractivity contribution in [3.05, 3.63) is 39.1 Å². The monoisotopic (exact) mass is 297 g/mol. The van der Waals surface area contributed by atoms with Crippen LogP contribution in [0.15, 0.2) is 23.0 Å². The van der Waals surface area contributed by atoms with Crippen molar-refractivity contribution >= 4 is 23.1 Å². The molecule has 0 aliphatic carbocycles. The molecule has 0 saturated carbocycles. The zero-order chi connectivity index (χ0) is 15.1. The van der Waals surface area contributed by atoms with Crippen LogP contribution in [0.3, 0.4) is 0 Å². The van der Waals surface area contributed by atoms with Gasteiger partial charge in [0.2, 0.25) is 0 Å². The van der Waals surface area contributed by atoms with Crippen molar-refractivity contribution in [2.45, 2.75) is 26.8 Å². The molecule has 0 radical (unpaired) electrons. The molecule has 0 amide bonds. The maximum Gasteiger partial charge on any atom is 0.262 e. The zero-order valence-electron chi connectivity index (χ0n) is 12.0. The highest BCUT2D eigenvalue weighted by molar-refractivity contribution is 7.71. The molecule has 2 rings (SSSR count). The van der Waals surface area contributed by atoms with Crippen LogP contribution in [0.4, 0.5) is 4.39 Å². The molecule has 0 aliphatic heterocycles. The number of aromatic nitrogens is 2. The molecule has 1 aromatic carbocycles. The molecule has 2 N–H and O–H groups in total. The van der Waals surface area contributed by atoms with Gasteiger partial charge in [-0.3, -0.25) is 9.36 Å². The summed E-state index contributed by atoms with van der Waals surface area (Å²) in [6.07, 6.45) is 0.786. The van der Waals surface area contributed by atoms with E-state index in [-0.39, 0.29) is 5.56 Å². The van der Waals surface area contributed by atoms with Gasteiger partial charge < -0.3 is 10.3 Å². The largest absolute Gasteiger partial charge is 0.332 e. The lowest BCUT2D eigenvalue weighted by atomic mass is 10.2. The molecule has 2 aromatic rings. The van der Waals surface area contributed by atoms with Crippen molar-refractivity contribution in [3.63, 3.8) is 0 Å². The molecule has 6 heteroatoms. The normalized spacial score (nSPS) is 10.2. The molecule has 0 atom stereocenters. The fourth-order valence-corrected chi connectivity index (χ4v) is 2.12. The molecular weight excluding hydrogens is 277 g/mol. The Balaban J connectivity index is 0.000000956. The number of nitrogens with zero attached hydrogens (tertiary/aromatic N) is 1. The maximum atomic E-state index is 13.2. The minimum atomic E-state index is -0.424. The highest BCUT2D eigenvalue weighted by Gasteiger charge is 2.06. The summed E-state index contributed by atoms with van der Waals surface area (Å²) in [6, 6.07) is 4.07. The summed E-state index contributed by atoms with van der Waals surface area (Å²) in [5, 5.41) is 3.33. The number of aromatic amines is 1. The third-order valence-corrected chi connectivity index (χ3v) is 3.07. The first-order chi connectivity index (χ1) is 9.63. The number of hydrogen-bond acceptors (Lipinski definition) is 3. The van der Waals surface area contributed by atoms with Gasteiger partial charge in [-0.2, -0.15) is 0 Å². The Morgan fingerprint density at radius 1 is 1.40 bits per heavy atom. The van der Waals surface area contributed by atoms with Gasteiger partial charge in [-0.25, -0.2) is 4.39 Å². The lowest BCUT2D eigenvalue weighted by Gasteiger charge is -2.07. The van der Waals surface area contributed by atoms with Crippen molar-refractivity contribution in [1.29, 1.82) is 0 Å². The minimum absolute atomic E-state index is 0.246. The van der Waals surface area contributed by atoms with E-state index in [1.165, 1.54) is 22.8 Å². The predicted molar refractivity (Wildman–Crippen MR) is 83.2 cm³/mol. The standard InChI is InChI=1S/C12H14FN3OS.C2H6/c1-14-5-2-6-16-11(17)9-7-8(13)3-4-10(9)15-12(16)18;1-2/h3-4,7,14H,2,5-6H2,1H3,(H,15,18);1-2H3. The first-order valence-electron chi connectivity index (χ1n) is 6.70. The summed E-state index contributed by atoms with van der Waals surface area (Å²) in [5.74, 6) is -0.424. The predicted octanol–water partition coefficient (Wildman–Crippen LogP) is 2.83. The van der Waals surface area contributed by atoms with Gasteiger partial charge in [-0.1, -0.05) is 13.8 Å². The lowest BCUT2D eigenvalue weighted by Crippen LogP contribution is -2.24. The van der Waals surface area contributed by atoms with E-state index in [2.05, 4.69) is 10.3 Å². The summed E-state index contributed by atoms with van der Waals surface area (Å²) in [7, 11) is 1.85. The minimum Gasteiger partial charge on any atom is -0.332 e. The van der Waals surface area contributed by atoms with Gasteiger partial charge in [-0.15, -0.1) is 0 Å². The Labute approximate surface area is 122 Å². The molecule has 0 fully saturated rings. The van der Waals surface area contributed by atoms with Gasteiger partial charge in [0.1, 0.15) is 5.82 Å². The van der Waals surface area contributed by atoms with Crippen LogP contribution in [-0.4, -0.2) is 23.1 Å². The van der Waals surface area contributed by atoms with E-state index in [1.54, 1.807) is 0 Å². The Morgan fingerprint density at radius 2 is 2.10 bits per heavy atom. The Morgan fingerprint density at radius 3 is 2.75 bits per heavy atom. The summed E-state index contributed by atoms with van der Waals surface area (Å²) in [5.41, 5.74) is 0.320. The van der Waals surface area contributed by atoms with Gasteiger partial charge in [0, 0.05) is 6.54 Å². The third kappa shape index (κ3) is 3.74. The molecule has 20 heavy (non-hydrogen) atoms. The summed E-state index contributed by atoms with van der Waals surface area (Å²) >= 11 is 5.14. The van der Waals surface area contributed by atoms with Crippen molar-refractivity contribution in [3.8, 4) is 0 Å². The molecule has 0 spiro atoms. The molecule has 1 aromatic heterocycles. The van der Waals surface area contributed by atoms with Crippen LogP contribution >= 0.6 is 12.2 Å². The number of nitrogens with one attached hydrogen (secondary N) is 2. The van der Waals surface area contributed by atoms with Crippen LogP contribution in [-0.2, 0) is 6.54 Å². The highest BCUT2D eigenvalue weighted by atomic mass is 32.1. The number of hydrogen-bond donors (Lipinski definition) is 2. The van der Waals surface area contributed by atoms with Crippen molar-refractivity contribution in [1.82, 2.24) is 14.9 Å². The molecule has 0 saturated heterocycles. The Hall–Kier alpha value is -1.53. The SMILES string of the molecule is CC.CNCCCn1c(=S)[nH]c2ccc(F)cc2c1=O. The first kappa shape index (κ1) is 16.5. The van der Waals surface area contributed by atoms with Gasteiger partial charge in [0.25, 0.3) is 5.56 Å². The number of halogens is 1. The number of benzene rings is 1. The van der Waals surface area contributed by atoms with Crippen molar-refractivity contribution in [2.24, 2.45) is 0 Å². The highest BCUT2D eigenvalue weighted by Crippen LogP contribution is 2.09. The second-order valence-electron chi connectivity index (χ2n) is 4.03. The second-order valence-corrected chi connectivity index (χ2v) is 4.42. The van der Waals surface area contributed by atoms with Crippen LogP contribution in [0, 0.1) is 10.6 Å². The van der Waals surface area contributed by atoms with E-state index in [9.17, 15) is 9.18 Å². The lowest BCUT2D eigenvalue weighted by molar-refractivity contribution is 0.587. The summed E-state index contributed by atoms with van der Waals surface area (Å²) in [4.78, 5) is 15.1. The maximum absolute atomic E-state index is 13.2. The van der Waals surface area contributed by atoms with Gasteiger partial charge in [0.05, 0.1) is 10.9 Å². The quantitative estimate of drug-likeness (QED) is 0.674. The van der Waals surface area contributed by atoms with Crippen LogP contribution < -0.4 is 10.9 Å². The Bertz CT molecular complexity index is 678. The third-order valence-electron chi connectivity index (χ3n) is 2.75. The molecule has 4 nitrogen and oxygen atoms in total. The fraction of sp³-hybridized carbons (Fsp3) is 0.429. The second kappa shape index (κ2) is 7.91. The van der Waals surface area contributed by atoms with E-state index in [0.29, 0.717) is 22.2 Å². The van der Waals surface area contributed by atoms with E-state index < -0.39 is 5.82 Å². The number of fused-ring (bicyclic) bond motifs is 1. The molecule has 0 unspecified atom stereocenters. The number of rotatable bonds is 4. The molecular formula is C14H20FN3OS. The molecule has 110 valence electrons. The molecule has 0 aliphatic rings. The van der Waals surface area contributed by atoms with Crippen LogP contribution in [0.1, 0.15) is 20.3 Å². The summed E-state index contributed by atoms with van der Waals surface area (Å²) in [6.45, 7) is 5.31. The fourth-order valence-electron chi connectivity index (χ4n) is 1.84. The van der Waals surface area contributed by atoms with Crippen LogP contribution in [0.25, 0.3) is 10.9 Å². The Kier molecular flexibility index (Phi) is 6.54. The smallest absolute Gasteiger partial charge is 0.262 e. The van der Waals surface area contributed by atoms with Crippen LogP contribution in [0.2, 0.25) is 0 Å². The van der Waals surface area contributed by atoms with Crippen LogP contribution in [0.5, 0.6) is 0 Å². The van der Waals surface area contributed by atoms with Gasteiger partial charge in [0.15, 0.2) is 4.77 Å². The molecule has 1 heterocycles. The zero-order valence-corrected chi connectivity index (χ0v) is 12.8. The molecule has 0 bridgehead atoms. The van der Waals surface area contributed by atoms with E-state index >= 15 is 0 Å². The van der Waals surface area contributed by atoms with Crippen molar-refractivity contribution < 1.29 is 4.39 Å². The number of H-pyrrole nitrogens is 1. The van der Waals surface area contributed by atoms with E-state index in [4.69, 9.17) is 12.2 Å². The van der Waals surface area contributed by atoms with E-state index in [0.717, 1.165) is 13.0 Å². The van der Waals surface area contributed by atoms with Gasteiger partial charge in [-0.05, 0) is 50.4 Å². The topological polar surface area (TPSA) is 49.8 Å². The van der Waals surface area contributed by atoms with E-state index in [1.807, 2.05) is 20.9 Å². The summed E-state index contributed by atoms with van der Waals surface area (Å²) < 4.78 is 15.0. The average molecular weight is 297 g/mol. The van der Waals surface area contributed by atoms with Gasteiger partial charge >= 0.3 is 0 Å². The van der Waals surface area contributed by atoms with Crippen molar-refractivity contribution in [2.75, 3.05) is 13.6 Å².